The maximum absolute atomic E-state index is 8.66. The fourth-order valence-corrected chi connectivity index (χ4v) is 0.0645. The molecule has 0 aromatic heterocycles. The van der Waals surface area contributed by atoms with Gasteiger partial charge in [-0.25, -0.2) is 0 Å². The van der Waals surface area contributed by atoms with E-state index >= 15 is 0 Å². The largest absolute Gasteiger partial charge is 0.412 e. The van der Waals surface area contributed by atoms with Gasteiger partial charge >= 0.3 is 0 Å². The molecular weight excluding hydrogens is 112 g/mol. The van der Waals surface area contributed by atoms with Crippen molar-refractivity contribution in [2.45, 2.75) is 12.7 Å². The van der Waals surface area contributed by atoms with E-state index in [1.165, 1.54) is 14.0 Å². The maximum Gasteiger partial charge on any atom is 0.185 e. The number of ether oxygens (including phenoxy) is 1. The zero-order valence-electron chi connectivity index (χ0n) is 5.01. The number of rotatable bonds is 2. The van der Waals surface area contributed by atoms with Gasteiger partial charge in [-0.3, -0.25) is 0 Å². The summed E-state index contributed by atoms with van der Waals surface area (Å²) < 4.78 is 4.39. The lowest BCUT2D eigenvalue weighted by molar-refractivity contribution is -0.193. The molecule has 1 atom stereocenters. The topological polar surface area (TPSA) is 81.2 Å². The Bertz CT molecular complexity index is 46.0. The second kappa shape index (κ2) is 3.80. The first kappa shape index (κ1) is 10.8. The van der Waals surface area contributed by atoms with Gasteiger partial charge < -0.3 is 20.4 Å². The molecule has 4 N–H and O–H groups in total. The fourth-order valence-electron chi connectivity index (χ4n) is 0.0645. The van der Waals surface area contributed by atoms with Gasteiger partial charge in [-0.05, 0) is 6.92 Å². The standard InChI is InChI=1S/C4H10O3.H2O/c1-4(6,3-5)7-2;/h5-6H,3H2,1-2H3;1H2. The molecule has 0 amide bonds. The molecule has 0 aliphatic rings. The molecule has 0 rings (SSSR count). The van der Waals surface area contributed by atoms with Crippen molar-refractivity contribution in [1.29, 1.82) is 0 Å². The van der Waals surface area contributed by atoms with Crippen LogP contribution in [-0.2, 0) is 4.74 Å². The van der Waals surface area contributed by atoms with Crippen LogP contribution in [0.15, 0.2) is 0 Å². The van der Waals surface area contributed by atoms with Gasteiger partial charge in [0.2, 0.25) is 0 Å². The van der Waals surface area contributed by atoms with Gasteiger partial charge in [-0.1, -0.05) is 0 Å². The number of methoxy groups -OCH3 is 1. The molecule has 0 aromatic rings. The third-order valence-corrected chi connectivity index (χ3v) is 0.733. The highest BCUT2D eigenvalue weighted by Gasteiger charge is 2.15. The summed E-state index contributed by atoms with van der Waals surface area (Å²) in [5, 5.41) is 16.9. The molecule has 0 spiro atoms. The van der Waals surface area contributed by atoms with E-state index in [1.807, 2.05) is 0 Å². The Labute approximate surface area is 48.0 Å². The van der Waals surface area contributed by atoms with Crippen LogP contribution in [0.25, 0.3) is 0 Å². The molecule has 0 saturated heterocycles. The summed E-state index contributed by atoms with van der Waals surface area (Å²) >= 11 is 0. The van der Waals surface area contributed by atoms with Gasteiger partial charge in [-0.15, -0.1) is 0 Å². The van der Waals surface area contributed by atoms with Gasteiger partial charge in [-0.2, -0.15) is 0 Å². The summed E-state index contributed by atoms with van der Waals surface area (Å²) in [6, 6.07) is 0. The Morgan fingerprint density at radius 3 is 2.00 bits per heavy atom. The molecular formula is C4H12O4. The van der Waals surface area contributed by atoms with Crippen LogP contribution in [0.4, 0.5) is 0 Å². The average molecular weight is 124 g/mol. The number of hydrogen-bond donors (Lipinski definition) is 2. The Balaban J connectivity index is 0. The lowest BCUT2D eigenvalue weighted by Crippen LogP contribution is -2.30. The van der Waals surface area contributed by atoms with Crippen LogP contribution in [0, 0.1) is 0 Å². The van der Waals surface area contributed by atoms with Crippen molar-refractivity contribution in [2.75, 3.05) is 13.7 Å². The van der Waals surface area contributed by atoms with Crippen molar-refractivity contribution in [2.24, 2.45) is 0 Å². The molecule has 0 bridgehead atoms. The molecule has 4 nitrogen and oxygen atoms in total. The monoisotopic (exact) mass is 124 g/mol. The minimum atomic E-state index is -1.36. The van der Waals surface area contributed by atoms with Crippen molar-refractivity contribution in [3.8, 4) is 0 Å². The highest BCUT2D eigenvalue weighted by Crippen LogP contribution is 1.98. The summed E-state index contributed by atoms with van der Waals surface area (Å²) in [5.41, 5.74) is 0. The zero-order chi connectivity index (χ0) is 5.91. The van der Waals surface area contributed by atoms with Crippen LogP contribution < -0.4 is 0 Å². The summed E-state index contributed by atoms with van der Waals surface area (Å²) in [6.07, 6.45) is 0. The number of aliphatic hydroxyl groups excluding tert-OH is 1. The van der Waals surface area contributed by atoms with Crippen molar-refractivity contribution < 1.29 is 20.4 Å². The molecule has 0 fully saturated rings. The molecule has 0 aliphatic carbocycles. The molecule has 0 radical (unpaired) electrons. The zero-order valence-corrected chi connectivity index (χ0v) is 5.01. The van der Waals surface area contributed by atoms with Gasteiger partial charge in [0.15, 0.2) is 5.79 Å². The minimum absolute atomic E-state index is 0. The van der Waals surface area contributed by atoms with Crippen molar-refractivity contribution >= 4 is 0 Å². The minimum Gasteiger partial charge on any atom is -0.412 e. The summed E-state index contributed by atoms with van der Waals surface area (Å²) in [7, 11) is 1.33. The SMILES string of the molecule is COC(C)(O)CO.O. The molecule has 0 aromatic carbocycles. The van der Waals surface area contributed by atoms with Crippen LogP contribution in [0.5, 0.6) is 0 Å². The Morgan fingerprint density at radius 2 is 2.00 bits per heavy atom. The van der Waals surface area contributed by atoms with Crippen molar-refractivity contribution in [3.63, 3.8) is 0 Å². The summed E-state index contributed by atoms with van der Waals surface area (Å²) in [5.74, 6) is -1.36. The lowest BCUT2D eigenvalue weighted by Gasteiger charge is -2.16. The Morgan fingerprint density at radius 1 is 1.62 bits per heavy atom. The predicted molar refractivity (Wildman–Crippen MR) is 28.3 cm³/mol. The van der Waals surface area contributed by atoms with Crippen LogP contribution in [0.2, 0.25) is 0 Å². The van der Waals surface area contributed by atoms with Crippen LogP contribution >= 0.6 is 0 Å². The molecule has 1 unspecified atom stereocenters. The van der Waals surface area contributed by atoms with E-state index in [-0.39, 0.29) is 12.1 Å². The molecule has 0 heterocycles. The summed E-state index contributed by atoms with van der Waals surface area (Å²) in [4.78, 5) is 0. The predicted octanol–water partition coefficient (Wildman–Crippen LogP) is -1.49. The first-order chi connectivity index (χ1) is 3.12. The van der Waals surface area contributed by atoms with Gasteiger partial charge in [0.1, 0.15) is 0 Å². The maximum atomic E-state index is 8.66. The fraction of sp³-hybridized carbons (Fsp3) is 1.00. The summed E-state index contributed by atoms with van der Waals surface area (Å²) in [6.45, 7) is 1.01. The molecule has 0 aliphatic heterocycles. The third-order valence-electron chi connectivity index (χ3n) is 0.733. The Hall–Kier alpha value is -0.160. The highest BCUT2D eigenvalue weighted by molar-refractivity contribution is 4.52. The van der Waals surface area contributed by atoms with E-state index in [1.54, 1.807) is 0 Å². The molecule has 52 valence electrons. The van der Waals surface area contributed by atoms with Crippen molar-refractivity contribution in [1.82, 2.24) is 0 Å². The first-order valence-corrected chi connectivity index (χ1v) is 2.01. The number of aliphatic hydroxyl groups is 2. The quantitative estimate of drug-likeness (QED) is 0.440. The van der Waals surface area contributed by atoms with Gasteiger partial charge in [0.05, 0.1) is 6.61 Å². The van der Waals surface area contributed by atoms with Crippen LogP contribution in [0.1, 0.15) is 6.92 Å². The number of hydrogen-bond acceptors (Lipinski definition) is 3. The van der Waals surface area contributed by atoms with E-state index in [0.29, 0.717) is 0 Å². The highest BCUT2D eigenvalue weighted by atomic mass is 16.6. The smallest absolute Gasteiger partial charge is 0.185 e. The van der Waals surface area contributed by atoms with E-state index in [9.17, 15) is 0 Å². The van der Waals surface area contributed by atoms with E-state index in [2.05, 4.69) is 4.74 Å². The molecule has 8 heavy (non-hydrogen) atoms. The second-order valence-electron chi connectivity index (χ2n) is 1.54. The normalized spacial score (nSPS) is 16.5. The second-order valence-corrected chi connectivity index (χ2v) is 1.54. The Kier molecular flexibility index (Phi) is 5.10. The van der Waals surface area contributed by atoms with Crippen LogP contribution in [-0.4, -0.2) is 35.2 Å². The van der Waals surface area contributed by atoms with Crippen LogP contribution in [0.3, 0.4) is 0 Å². The molecule has 4 heteroatoms. The molecule has 0 saturated carbocycles. The van der Waals surface area contributed by atoms with E-state index in [4.69, 9.17) is 10.2 Å². The third kappa shape index (κ3) is 4.01. The average Bonchev–Trinajstić information content (AvgIpc) is 1.68. The lowest BCUT2D eigenvalue weighted by atomic mass is 10.4. The van der Waals surface area contributed by atoms with E-state index in [0.717, 1.165) is 0 Å². The van der Waals surface area contributed by atoms with Gasteiger partial charge in [0.25, 0.3) is 0 Å². The van der Waals surface area contributed by atoms with Crippen molar-refractivity contribution in [3.05, 3.63) is 0 Å². The van der Waals surface area contributed by atoms with Gasteiger partial charge in [0, 0.05) is 7.11 Å². The first-order valence-electron chi connectivity index (χ1n) is 2.01. The van der Waals surface area contributed by atoms with E-state index < -0.39 is 5.79 Å².